The van der Waals surface area contributed by atoms with Gasteiger partial charge in [0.1, 0.15) is 0 Å². The zero-order chi connectivity index (χ0) is 21.8. The summed E-state index contributed by atoms with van der Waals surface area (Å²) in [5.41, 5.74) is 2.98. The summed E-state index contributed by atoms with van der Waals surface area (Å²) in [7, 11) is 0. The van der Waals surface area contributed by atoms with E-state index in [1.807, 2.05) is 60.7 Å². The molecule has 0 aromatic heterocycles. The fraction of sp³-hybridized carbons (Fsp3) is 0.333. The fourth-order valence-corrected chi connectivity index (χ4v) is 4.37. The zero-order valence-corrected chi connectivity index (χ0v) is 18.0. The van der Waals surface area contributed by atoms with Crippen LogP contribution in [0.1, 0.15) is 12.8 Å². The predicted octanol–water partition coefficient (Wildman–Crippen LogP) is 4.27. The molecule has 162 valence electrons. The molecule has 4 rings (SSSR count). The number of rotatable bonds is 5. The molecule has 0 spiro atoms. The Hall–Kier alpha value is -2.99. The highest BCUT2D eigenvalue weighted by Gasteiger charge is 2.34. The lowest BCUT2D eigenvalue weighted by Crippen LogP contribution is -2.46. The number of hydrogen-bond acceptors (Lipinski definition) is 4. The third kappa shape index (κ3) is 5.02. The maximum Gasteiger partial charge on any atom is 0.307 e. The van der Waals surface area contributed by atoms with Crippen molar-refractivity contribution in [2.45, 2.75) is 12.8 Å². The average molecular weight is 440 g/mol. The minimum atomic E-state index is -0.919. The molecule has 1 aliphatic heterocycles. The largest absolute Gasteiger partial charge is 0.481 e. The summed E-state index contributed by atoms with van der Waals surface area (Å²) >= 11 is 5.98. The SMILES string of the molecule is O=C(O)C1CC=CCC1C(=O)Nc1ccc(N2CCN(c3ccc(Cl)cc3)CC2)cc1. The number of halogens is 1. The molecular weight excluding hydrogens is 414 g/mol. The van der Waals surface area contributed by atoms with Crippen molar-refractivity contribution in [3.05, 3.63) is 65.7 Å². The van der Waals surface area contributed by atoms with E-state index in [1.54, 1.807) is 0 Å². The maximum atomic E-state index is 12.6. The molecule has 1 aliphatic carbocycles. The summed E-state index contributed by atoms with van der Waals surface area (Å²) in [4.78, 5) is 28.7. The molecule has 1 fully saturated rings. The number of benzene rings is 2. The van der Waals surface area contributed by atoms with Gasteiger partial charge in [0.2, 0.25) is 5.91 Å². The molecule has 2 aliphatic rings. The molecule has 6 nitrogen and oxygen atoms in total. The Labute approximate surface area is 187 Å². The molecular formula is C24H26ClN3O3. The third-order valence-electron chi connectivity index (χ3n) is 6.06. The van der Waals surface area contributed by atoms with Gasteiger partial charge in [-0.3, -0.25) is 9.59 Å². The molecule has 2 unspecified atom stereocenters. The minimum Gasteiger partial charge on any atom is -0.481 e. The summed E-state index contributed by atoms with van der Waals surface area (Å²) in [6.45, 7) is 3.66. The number of carbonyl (C=O) groups excluding carboxylic acids is 1. The first-order valence-electron chi connectivity index (χ1n) is 10.6. The number of hydrogen-bond donors (Lipinski definition) is 2. The Kier molecular flexibility index (Phi) is 6.47. The average Bonchev–Trinajstić information content (AvgIpc) is 2.80. The van der Waals surface area contributed by atoms with E-state index < -0.39 is 17.8 Å². The number of carboxylic acids is 1. The number of carboxylic acid groups (broad SMARTS) is 1. The highest BCUT2D eigenvalue weighted by molar-refractivity contribution is 6.30. The van der Waals surface area contributed by atoms with Crippen LogP contribution in [0, 0.1) is 11.8 Å². The molecule has 0 radical (unpaired) electrons. The van der Waals surface area contributed by atoms with Gasteiger partial charge in [-0.25, -0.2) is 0 Å². The van der Waals surface area contributed by atoms with Crippen molar-refractivity contribution in [3.63, 3.8) is 0 Å². The van der Waals surface area contributed by atoms with Crippen LogP contribution in [0.5, 0.6) is 0 Å². The van der Waals surface area contributed by atoms with Gasteiger partial charge in [-0.15, -0.1) is 0 Å². The Bertz CT molecular complexity index is 951. The Morgan fingerprint density at radius 1 is 0.806 bits per heavy atom. The van der Waals surface area contributed by atoms with Gasteiger partial charge in [-0.1, -0.05) is 23.8 Å². The Morgan fingerprint density at radius 2 is 1.29 bits per heavy atom. The first kappa shape index (κ1) is 21.2. The molecule has 2 N–H and O–H groups in total. The standard InChI is InChI=1S/C24H26ClN3O3/c25-17-5-9-19(10-6-17)27-13-15-28(16-14-27)20-11-7-18(8-12-20)26-23(29)21-3-1-2-4-22(21)24(30)31/h1-2,5-12,21-22H,3-4,13-16H2,(H,26,29)(H,30,31). The summed E-state index contributed by atoms with van der Waals surface area (Å²) < 4.78 is 0. The van der Waals surface area contributed by atoms with Gasteiger partial charge in [0.25, 0.3) is 0 Å². The van der Waals surface area contributed by atoms with Crippen LogP contribution < -0.4 is 15.1 Å². The topological polar surface area (TPSA) is 72.9 Å². The minimum absolute atomic E-state index is 0.235. The van der Waals surface area contributed by atoms with Gasteiger partial charge in [-0.05, 0) is 61.4 Å². The lowest BCUT2D eigenvalue weighted by molar-refractivity contribution is -0.146. The fourth-order valence-electron chi connectivity index (χ4n) is 4.24. The van der Waals surface area contributed by atoms with Gasteiger partial charge >= 0.3 is 5.97 Å². The molecule has 2 atom stereocenters. The molecule has 0 bridgehead atoms. The van der Waals surface area contributed by atoms with E-state index in [0.29, 0.717) is 18.5 Å². The van der Waals surface area contributed by atoms with Crippen LogP contribution in [0.3, 0.4) is 0 Å². The summed E-state index contributed by atoms with van der Waals surface area (Å²) in [5.74, 6) is -2.36. The van der Waals surface area contributed by atoms with Crippen LogP contribution in [0.2, 0.25) is 5.02 Å². The van der Waals surface area contributed by atoms with E-state index in [4.69, 9.17) is 11.6 Å². The highest BCUT2D eigenvalue weighted by Crippen LogP contribution is 2.28. The molecule has 2 aromatic carbocycles. The van der Waals surface area contributed by atoms with Crippen LogP contribution in [-0.4, -0.2) is 43.2 Å². The zero-order valence-electron chi connectivity index (χ0n) is 17.2. The van der Waals surface area contributed by atoms with Gasteiger partial charge < -0.3 is 20.2 Å². The second kappa shape index (κ2) is 9.43. The van der Waals surface area contributed by atoms with Crippen molar-refractivity contribution in [1.82, 2.24) is 0 Å². The van der Waals surface area contributed by atoms with Crippen molar-refractivity contribution in [1.29, 1.82) is 0 Å². The Morgan fingerprint density at radius 3 is 1.81 bits per heavy atom. The number of nitrogens with zero attached hydrogens (tertiary/aromatic N) is 2. The van der Waals surface area contributed by atoms with Crippen LogP contribution in [0.15, 0.2) is 60.7 Å². The van der Waals surface area contributed by atoms with Gasteiger partial charge in [0.05, 0.1) is 11.8 Å². The number of allylic oxidation sites excluding steroid dienone is 2. The molecule has 1 heterocycles. The number of piperazine rings is 1. The molecule has 0 saturated carbocycles. The summed E-state index contributed by atoms with van der Waals surface area (Å²) in [6, 6.07) is 15.7. The predicted molar refractivity (Wildman–Crippen MR) is 124 cm³/mol. The van der Waals surface area contributed by atoms with Crippen molar-refractivity contribution in [2.75, 3.05) is 41.3 Å². The lowest BCUT2D eigenvalue weighted by Gasteiger charge is -2.37. The van der Waals surface area contributed by atoms with E-state index in [1.165, 1.54) is 5.69 Å². The molecule has 7 heteroatoms. The quantitative estimate of drug-likeness (QED) is 0.680. The highest BCUT2D eigenvalue weighted by atomic mass is 35.5. The van der Waals surface area contributed by atoms with E-state index in [0.717, 1.165) is 36.9 Å². The van der Waals surface area contributed by atoms with Crippen LogP contribution in [0.25, 0.3) is 0 Å². The second-order valence-electron chi connectivity index (χ2n) is 7.98. The normalized spacial score (nSPS) is 21.1. The van der Waals surface area contributed by atoms with E-state index in [2.05, 4.69) is 15.1 Å². The number of carbonyl (C=O) groups is 2. The monoisotopic (exact) mass is 439 g/mol. The maximum absolute atomic E-state index is 12.6. The number of aliphatic carboxylic acids is 1. The smallest absolute Gasteiger partial charge is 0.307 e. The van der Waals surface area contributed by atoms with Crippen LogP contribution in [-0.2, 0) is 9.59 Å². The first-order valence-corrected chi connectivity index (χ1v) is 10.9. The number of anilines is 3. The lowest BCUT2D eigenvalue weighted by atomic mass is 9.82. The van der Waals surface area contributed by atoms with Crippen molar-refractivity contribution in [3.8, 4) is 0 Å². The van der Waals surface area contributed by atoms with Gasteiger partial charge in [0, 0.05) is 48.3 Å². The molecule has 1 amide bonds. The van der Waals surface area contributed by atoms with Crippen molar-refractivity contribution < 1.29 is 14.7 Å². The first-order chi connectivity index (χ1) is 15.0. The summed E-state index contributed by atoms with van der Waals surface area (Å²) in [6.07, 6.45) is 4.58. The van der Waals surface area contributed by atoms with Crippen LogP contribution >= 0.6 is 11.6 Å². The van der Waals surface area contributed by atoms with Crippen molar-refractivity contribution >= 4 is 40.5 Å². The van der Waals surface area contributed by atoms with Gasteiger partial charge in [0.15, 0.2) is 0 Å². The third-order valence-corrected chi connectivity index (χ3v) is 6.31. The van der Waals surface area contributed by atoms with Crippen molar-refractivity contribution in [2.24, 2.45) is 11.8 Å². The second-order valence-corrected chi connectivity index (χ2v) is 8.42. The summed E-state index contributed by atoms with van der Waals surface area (Å²) in [5, 5.41) is 13.0. The van der Waals surface area contributed by atoms with E-state index in [-0.39, 0.29) is 5.91 Å². The van der Waals surface area contributed by atoms with E-state index >= 15 is 0 Å². The van der Waals surface area contributed by atoms with Crippen LogP contribution in [0.4, 0.5) is 17.1 Å². The number of amides is 1. The van der Waals surface area contributed by atoms with E-state index in [9.17, 15) is 14.7 Å². The molecule has 31 heavy (non-hydrogen) atoms. The Balaban J connectivity index is 1.33. The number of nitrogens with one attached hydrogen (secondary N) is 1. The van der Waals surface area contributed by atoms with Gasteiger partial charge in [-0.2, -0.15) is 0 Å². The molecule has 1 saturated heterocycles. The molecule has 2 aromatic rings.